The first kappa shape index (κ1) is 30.3. The molecule has 0 rings (SSSR count). The summed E-state index contributed by atoms with van der Waals surface area (Å²) in [4.78, 5) is 59.8. The van der Waals surface area contributed by atoms with Crippen LogP contribution in [0.4, 0.5) is 0 Å². The molecule has 0 saturated heterocycles. The summed E-state index contributed by atoms with van der Waals surface area (Å²) < 4.78 is 0. The Bertz CT molecular complexity index is 669. The number of nitrogens with two attached hydrogens (primary N) is 2. The number of nitrogens with one attached hydrogen (secondary N) is 5. The van der Waals surface area contributed by atoms with E-state index in [1.807, 2.05) is 27.7 Å². The van der Waals surface area contributed by atoms with E-state index in [4.69, 9.17) is 11.6 Å². The highest BCUT2D eigenvalue weighted by atomic mass is 16.2. The first-order valence-corrected chi connectivity index (χ1v) is 11.3. The third kappa shape index (κ3) is 13.4. The standard InChI is InChI=1S/C21H41N7O5/c1-12(2)10-16(27-21(33)18(28-23)13(3)4)20(32)25-11-17(30)26-15(19(22)31)8-6-7-9-24-14(5)29/h12-13,15-16,18,28H,6-11,23H2,1-5H3,(H2,22,31)(H,24,29)(H,25,32)(H,26,30)(H,27,33). The summed E-state index contributed by atoms with van der Waals surface area (Å²) in [5, 5.41) is 10.3. The van der Waals surface area contributed by atoms with E-state index in [2.05, 4.69) is 26.7 Å². The van der Waals surface area contributed by atoms with E-state index in [0.717, 1.165) is 0 Å². The number of unbranched alkanes of at least 4 members (excludes halogenated alkanes) is 1. The Balaban J connectivity index is 4.78. The summed E-state index contributed by atoms with van der Waals surface area (Å²) in [5.41, 5.74) is 7.79. The molecule has 9 N–H and O–H groups in total. The second-order valence-corrected chi connectivity index (χ2v) is 8.80. The highest BCUT2D eigenvalue weighted by Crippen LogP contribution is 2.07. The maximum absolute atomic E-state index is 12.6. The number of carbonyl (C=O) groups is 5. The molecule has 0 aromatic heterocycles. The Morgan fingerprint density at radius 1 is 0.848 bits per heavy atom. The van der Waals surface area contributed by atoms with Crippen LogP contribution in [-0.4, -0.2) is 60.8 Å². The number of amides is 5. The van der Waals surface area contributed by atoms with Crippen LogP contribution in [0.2, 0.25) is 0 Å². The van der Waals surface area contributed by atoms with Crippen molar-refractivity contribution in [3.63, 3.8) is 0 Å². The van der Waals surface area contributed by atoms with Crippen LogP contribution in [0.15, 0.2) is 0 Å². The van der Waals surface area contributed by atoms with Gasteiger partial charge in [-0.25, -0.2) is 5.43 Å². The Kier molecular flexibility index (Phi) is 14.7. The third-order valence-corrected chi connectivity index (χ3v) is 4.86. The van der Waals surface area contributed by atoms with Crippen LogP contribution in [0.5, 0.6) is 0 Å². The lowest BCUT2D eigenvalue weighted by Gasteiger charge is -2.25. The monoisotopic (exact) mass is 471 g/mol. The Hall–Kier alpha value is -2.73. The van der Waals surface area contributed by atoms with Crippen LogP contribution in [-0.2, 0) is 24.0 Å². The van der Waals surface area contributed by atoms with Crippen molar-refractivity contribution < 1.29 is 24.0 Å². The minimum atomic E-state index is -0.889. The van der Waals surface area contributed by atoms with Crippen molar-refractivity contribution in [2.24, 2.45) is 23.4 Å². The predicted octanol–water partition coefficient (Wildman–Crippen LogP) is -1.60. The van der Waals surface area contributed by atoms with E-state index >= 15 is 0 Å². The molecule has 190 valence electrons. The van der Waals surface area contributed by atoms with Gasteiger partial charge < -0.3 is 27.0 Å². The van der Waals surface area contributed by atoms with Crippen molar-refractivity contribution in [2.75, 3.05) is 13.1 Å². The average molecular weight is 472 g/mol. The van der Waals surface area contributed by atoms with Gasteiger partial charge in [-0.1, -0.05) is 27.7 Å². The molecule has 0 aromatic rings. The molecule has 0 aliphatic heterocycles. The van der Waals surface area contributed by atoms with E-state index in [0.29, 0.717) is 32.2 Å². The average Bonchev–Trinajstić information content (AvgIpc) is 2.69. The minimum absolute atomic E-state index is 0.0903. The van der Waals surface area contributed by atoms with Crippen molar-refractivity contribution >= 4 is 29.5 Å². The Labute approximate surface area is 195 Å². The van der Waals surface area contributed by atoms with Crippen molar-refractivity contribution in [1.29, 1.82) is 0 Å². The first-order chi connectivity index (χ1) is 15.4. The van der Waals surface area contributed by atoms with Gasteiger partial charge in [0.1, 0.15) is 18.1 Å². The summed E-state index contributed by atoms with van der Waals surface area (Å²) in [6, 6.07) is -2.40. The lowest BCUT2D eigenvalue weighted by atomic mass is 10.0. The van der Waals surface area contributed by atoms with Gasteiger partial charge in [0.05, 0.1) is 6.54 Å². The minimum Gasteiger partial charge on any atom is -0.368 e. The molecule has 0 aliphatic rings. The Morgan fingerprint density at radius 3 is 1.97 bits per heavy atom. The second kappa shape index (κ2) is 16.0. The largest absolute Gasteiger partial charge is 0.368 e. The molecule has 3 atom stereocenters. The fourth-order valence-corrected chi connectivity index (χ4v) is 3.09. The van der Waals surface area contributed by atoms with Crippen LogP contribution >= 0.6 is 0 Å². The molecule has 0 aliphatic carbocycles. The quantitative estimate of drug-likeness (QED) is 0.0798. The van der Waals surface area contributed by atoms with E-state index in [1.54, 1.807) is 0 Å². The molecule has 0 saturated carbocycles. The summed E-state index contributed by atoms with van der Waals surface area (Å²) in [6.45, 7) is 8.96. The number of carbonyl (C=O) groups excluding carboxylic acids is 5. The number of hydrazine groups is 1. The molecule has 0 radical (unpaired) electrons. The second-order valence-electron chi connectivity index (χ2n) is 8.80. The predicted molar refractivity (Wildman–Crippen MR) is 124 cm³/mol. The summed E-state index contributed by atoms with van der Waals surface area (Å²) >= 11 is 0. The lowest BCUT2D eigenvalue weighted by Crippen LogP contribution is -2.56. The third-order valence-electron chi connectivity index (χ3n) is 4.86. The maximum atomic E-state index is 12.6. The zero-order chi connectivity index (χ0) is 25.6. The van der Waals surface area contributed by atoms with Crippen LogP contribution in [0, 0.1) is 11.8 Å². The van der Waals surface area contributed by atoms with Crippen LogP contribution < -0.4 is 38.3 Å². The van der Waals surface area contributed by atoms with Gasteiger partial charge in [0, 0.05) is 13.5 Å². The van der Waals surface area contributed by atoms with Crippen molar-refractivity contribution in [3.05, 3.63) is 0 Å². The van der Waals surface area contributed by atoms with E-state index in [-0.39, 0.29) is 24.3 Å². The summed E-state index contributed by atoms with van der Waals surface area (Å²) in [5.74, 6) is 3.12. The van der Waals surface area contributed by atoms with E-state index in [1.165, 1.54) is 6.92 Å². The fraction of sp³-hybridized carbons (Fsp3) is 0.762. The zero-order valence-electron chi connectivity index (χ0n) is 20.3. The SMILES string of the molecule is CC(=O)NCCCCC(NC(=O)CNC(=O)C(CC(C)C)NC(=O)C(NN)C(C)C)C(N)=O. The Morgan fingerprint density at radius 2 is 1.48 bits per heavy atom. The van der Waals surface area contributed by atoms with Gasteiger partial charge >= 0.3 is 0 Å². The molecule has 12 nitrogen and oxygen atoms in total. The molecular weight excluding hydrogens is 430 g/mol. The molecule has 3 unspecified atom stereocenters. The smallest absolute Gasteiger partial charge is 0.243 e. The highest BCUT2D eigenvalue weighted by molar-refractivity contribution is 5.93. The molecule has 0 bridgehead atoms. The van der Waals surface area contributed by atoms with Gasteiger partial charge in [-0.05, 0) is 37.5 Å². The van der Waals surface area contributed by atoms with Crippen LogP contribution in [0.1, 0.15) is 60.3 Å². The van der Waals surface area contributed by atoms with Gasteiger partial charge in [0.2, 0.25) is 29.5 Å². The molecule has 5 amide bonds. The van der Waals surface area contributed by atoms with Gasteiger partial charge in [0.25, 0.3) is 0 Å². The van der Waals surface area contributed by atoms with Gasteiger partial charge in [-0.3, -0.25) is 29.8 Å². The molecule has 0 fully saturated rings. The molecule has 33 heavy (non-hydrogen) atoms. The van der Waals surface area contributed by atoms with Gasteiger partial charge in [0.15, 0.2) is 0 Å². The summed E-state index contributed by atoms with van der Waals surface area (Å²) in [6.07, 6.45) is 1.87. The number of primary amides is 1. The first-order valence-electron chi connectivity index (χ1n) is 11.3. The van der Waals surface area contributed by atoms with E-state index < -0.39 is 41.8 Å². The highest BCUT2D eigenvalue weighted by Gasteiger charge is 2.28. The summed E-state index contributed by atoms with van der Waals surface area (Å²) in [7, 11) is 0. The normalized spacial score (nSPS) is 13.7. The molecule has 0 spiro atoms. The number of rotatable bonds is 16. The molecule has 0 aromatic carbocycles. The zero-order valence-corrected chi connectivity index (χ0v) is 20.3. The maximum Gasteiger partial charge on any atom is 0.243 e. The van der Waals surface area contributed by atoms with Crippen molar-refractivity contribution in [1.82, 2.24) is 26.7 Å². The van der Waals surface area contributed by atoms with Gasteiger partial charge in [-0.15, -0.1) is 0 Å². The number of hydrogen-bond donors (Lipinski definition) is 7. The van der Waals surface area contributed by atoms with Crippen molar-refractivity contribution in [3.8, 4) is 0 Å². The molecular formula is C21H41N7O5. The van der Waals surface area contributed by atoms with Crippen LogP contribution in [0.3, 0.4) is 0 Å². The number of hydrogen-bond acceptors (Lipinski definition) is 7. The van der Waals surface area contributed by atoms with Crippen LogP contribution in [0.25, 0.3) is 0 Å². The topological polar surface area (TPSA) is 198 Å². The van der Waals surface area contributed by atoms with Crippen molar-refractivity contribution in [2.45, 2.75) is 78.4 Å². The van der Waals surface area contributed by atoms with Gasteiger partial charge in [-0.2, -0.15) is 0 Å². The van der Waals surface area contributed by atoms with E-state index in [9.17, 15) is 24.0 Å². The lowest BCUT2D eigenvalue weighted by molar-refractivity contribution is -0.132. The molecule has 0 heterocycles. The fourth-order valence-electron chi connectivity index (χ4n) is 3.09. The molecule has 12 heteroatoms.